The molecule has 0 radical (unpaired) electrons. The lowest BCUT2D eigenvalue weighted by molar-refractivity contribution is -0.119. The second kappa shape index (κ2) is 7.37. The summed E-state index contributed by atoms with van der Waals surface area (Å²) in [6.45, 7) is 3.25. The van der Waals surface area contributed by atoms with Gasteiger partial charge in [-0.25, -0.2) is 9.18 Å². The monoisotopic (exact) mass is 379 g/mol. The third-order valence-electron chi connectivity index (χ3n) is 3.23. The van der Waals surface area contributed by atoms with Crippen LogP contribution in [0.1, 0.15) is 21.5 Å². The van der Waals surface area contributed by atoms with Crippen LogP contribution in [0.2, 0.25) is 0 Å². The largest absolute Gasteiger partial charge is 0.452 e. The van der Waals surface area contributed by atoms with E-state index in [1.165, 1.54) is 12.1 Å². The van der Waals surface area contributed by atoms with Crippen molar-refractivity contribution in [2.75, 3.05) is 11.9 Å². The first-order valence-electron chi connectivity index (χ1n) is 6.86. The Labute approximate surface area is 141 Å². The maximum Gasteiger partial charge on any atom is 0.341 e. The number of halogens is 2. The minimum Gasteiger partial charge on any atom is -0.452 e. The van der Waals surface area contributed by atoms with Gasteiger partial charge in [0.05, 0.1) is 5.56 Å². The quantitative estimate of drug-likeness (QED) is 0.816. The van der Waals surface area contributed by atoms with E-state index in [1.807, 2.05) is 32.0 Å². The fourth-order valence-corrected chi connectivity index (χ4v) is 2.41. The van der Waals surface area contributed by atoms with E-state index in [-0.39, 0.29) is 5.56 Å². The molecule has 2 aromatic carbocycles. The summed E-state index contributed by atoms with van der Waals surface area (Å²) >= 11 is 3.15. The highest BCUT2D eigenvalue weighted by atomic mass is 79.9. The van der Waals surface area contributed by atoms with Crippen molar-refractivity contribution in [3.8, 4) is 0 Å². The van der Waals surface area contributed by atoms with E-state index in [0.717, 1.165) is 17.2 Å². The Balaban J connectivity index is 1.99. The van der Waals surface area contributed by atoms with Crippen LogP contribution in [0.4, 0.5) is 10.1 Å². The molecule has 0 bridgehead atoms. The molecule has 0 unspecified atom stereocenters. The number of aryl methyl sites for hydroxylation is 2. The zero-order chi connectivity index (χ0) is 17.0. The van der Waals surface area contributed by atoms with Gasteiger partial charge in [-0.05, 0) is 43.2 Å². The molecule has 0 atom stereocenters. The smallest absolute Gasteiger partial charge is 0.341 e. The average molecular weight is 380 g/mol. The van der Waals surface area contributed by atoms with E-state index < -0.39 is 24.3 Å². The number of anilines is 1. The molecule has 0 fully saturated rings. The summed E-state index contributed by atoms with van der Waals surface area (Å²) in [4.78, 5) is 23.8. The molecule has 0 spiro atoms. The van der Waals surface area contributed by atoms with Gasteiger partial charge in [-0.1, -0.05) is 34.1 Å². The van der Waals surface area contributed by atoms with Crippen molar-refractivity contribution in [3.05, 3.63) is 63.4 Å². The summed E-state index contributed by atoms with van der Waals surface area (Å²) in [5.41, 5.74) is 2.27. The number of rotatable bonds is 4. The normalized spacial score (nSPS) is 10.3. The molecule has 0 saturated carbocycles. The number of para-hydroxylation sites is 1. The third-order valence-corrected chi connectivity index (χ3v) is 3.72. The fraction of sp³-hybridized carbons (Fsp3) is 0.176. The van der Waals surface area contributed by atoms with Crippen LogP contribution in [-0.4, -0.2) is 18.5 Å². The second-order valence-electron chi connectivity index (χ2n) is 5.02. The molecule has 0 aromatic heterocycles. The number of hydrogen-bond acceptors (Lipinski definition) is 3. The highest BCUT2D eigenvalue weighted by Crippen LogP contribution is 2.19. The van der Waals surface area contributed by atoms with E-state index in [4.69, 9.17) is 4.74 Å². The van der Waals surface area contributed by atoms with Gasteiger partial charge in [0.25, 0.3) is 5.91 Å². The Morgan fingerprint density at radius 3 is 2.48 bits per heavy atom. The zero-order valence-corrected chi connectivity index (χ0v) is 14.2. The minimum absolute atomic E-state index is 0.223. The van der Waals surface area contributed by atoms with Gasteiger partial charge in [-0.15, -0.1) is 0 Å². The van der Waals surface area contributed by atoms with E-state index in [1.54, 1.807) is 0 Å². The third kappa shape index (κ3) is 4.39. The van der Waals surface area contributed by atoms with E-state index >= 15 is 0 Å². The molecule has 0 aliphatic carbocycles. The predicted molar refractivity (Wildman–Crippen MR) is 88.9 cm³/mol. The maximum absolute atomic E-state index is 13.6. The number of esters is 1. The van der Waals surface area contributed by atoms with Crippen LogP contribution in [-0.2, 0) is 9.53 Å². The van der Waals surface area contributed by atoms with Crippen molar-refractivity contribution in [1.29, 1.82) is 0 Å². The first-order valence-corrected chi connectivity index (χ1v) is 7.66. The molecule has 0 aliphatic rings. The summed E-state index contributed by atoms with van der Waals surface area (Å²) in [6, 6.07) is 9.55. The van der Waals surface area contributed by atoms with E-state index in [2.05, 4.69) is 21.2 Å². The minimum atomic E-state index is -0.888. The van der Waals surface area contributed by atoms with E-state index in [9.17, 15) is 14.0 Å². The molecule has 0 aliphatic heterocycles. The SMILES string of the molecule is Cc1cccc(C)c1NC(=O)COC(=O)c1cc(Br)ccc1F. The number of benzene rings is 2. The van der Waals surface area contributed by atoms with Crippen LogP contribution in [0.15, 0.2) is 40.9 Å². The van der Waals surface area contributed by atoms with Crippen molar-refractivity contribution in [2.24, 2.45) is 0 Å². The zero-order valence-electron chi connectivity index (χ0n) is 12.7. The summed E-state index contributed by atoms with van der Waals surface area (Å²) in [6.07, 6.45) is 0. The van der Waals surface area contributed by atoms with Gasteiger partial charge < -0.3 is 10.1 Å². The Morgan fingerprint density at radius 2 is 1.83 bits per heavy atom. The molecule has 120 valence electrons. The molecule has 6 heteroatoms. The molecule has 0 heterocycles. The van der Waals surface area contributed by atoms with Gasteiger partial charge in [0.15, 0.2) is 6.61 Å². The fourth-order valence-electron chi connectivity index (χ4n) is 2.05. The van der Waals surface area contributed by atoms with E-state index in [0.29, 0.717) is 10.2 Å². The molecule has 2 rings (SSSR count). The standard InChI is InChI=1S/C17H15BrFNO3/c1-10-4-3-5-11(2)16(10)20-15(21)9-23-17(22)13-8-12(18)6-7-14(13)19/h3-8H,9H2,1-2H3,(H,20,21). The number of hydrogen-bond donors (Lipinski definition) is 1. The van der Waals surface area contributed by atoms with Crippen LogP contribution in [0.25, 0.3) is 0 Å². The number of carbonyl (C=O) groups is 2. The van der Waals surface area contributed by atoms with Gasteiger partial charge in [-0.2, -0.15) is 0 Å². The van der Waals surface area contributed by atoms with Crippen molar-refractivity contribution in [2.45, 2.75) is 13.8 Å². The number of carbonyl (C=O) groups excluding carboxylic acids is 2. The Morgan fingerprint density at radius 1 is 1.17 bits per heavy atom. The lowest BCUT2D eigenvalue weighted by atomic mass is 10.1. The van der Waals surface area contributed by atoms with Crippen molar-refractivity contribution in [3.63, 3.8) is 0 Å². The lowest BCUT2D eigenvalue weighted by Gasteiger charge is -2.11. The molecule has 1 N–H and O–H groups in total. The van der Waals surface area contributed by atoms with Gasteiger partial charge >= 0.3 is 5.97 Å². The first kappa shape index (κ1) is 17.1. The van der Waals surface area contributed by atoms with Gasteiger partial charge in [0, 0.05) is 10.2 Å². The molecule has 0 saturated heterocycles. The Bertz CT molecular complexity index is 741. The van der Waals surface area contributed by atoms with Crippen LogP contribution >= 0.6 is 15.9 Å². The summed E-state index contributed by atoms with van der Waals surface area (Å²) in [7, 11) is 0. The van der Waals surface area contributed by atoms with Crippen LogP contribution in [0.3, 0.4) is 0 Å². The first-order chi connectivity index (χ1) is 10.9. The second-order valence-corrected chi connectivity index (χ2v) is 5.93. The van der Waals surface area contributed by atoms with Crippen molar-refractivity contribution < 1.29 is 18.7 Å². The predicted octanol–water partition coefficient (Wildman–Crippen LogP) is 4.00. The van der Waals surface area contributed by atoms with Crippen LogP contribution < -0.4 is 5.32 Å². The van der Waals surface area contributed by atoms with Crippen LogP contribution in [0, 0.1) is 19.7 Å². The van der Waals surface area contributed by atoms with Crippen molar-refractivity contribution in [1.82, 2.24) is 0 Å². The maximum atomic E-state index is 13.6. The molecule has 2 aromatic rings. The number of ether oxygens (including phenoxy) is 1. The van der Waals surface area contributed by atoms with Gasteiger partial charge in [-0.3, -0.25) is 4.79 Å². The van der Waals surface area contributed by atoms with Gasteiger partial charge in [0.2, 0.25) is 0 Å². The van der Waals surface area contributed by atoms with Crippen molar-refractivity contribution >= 4 is 33.5 Å². The lowest BCUT2D eigenvalue weighted by Crippen LogP contribution is -2.22. The molecule has 1 amide bonds. The summed E-state index contributed by atoms with van der Waals surface area (Å²) in [5, 5.41) is 2.69. The molecule has 23 heavy (non-hydrogen) atoms. The highest BCUT2D eigenvalue weighted by Gasteiger charge is 2.16. The van der Waals surface area contributed by atoms with Crippen LogP contribution in [0.5, 0.6) is 0 Å². The Hall–Kier alpha value is -2.21. The highest BCUT2D eigenvalue weighted by molar-refractivity contribution is 9.10. The molecular formula is C17H15BrFNO3. The summed E-state index contributed by atoms with van der Waals surface area (Å²) in [5.74, 6) is -2.07. The topological polar surface area (TPSA) is 55.4 Å². The summed E-state index contributed by atoms with van der Waals surface area (Å²) < 4.78 is 19.0. The van der Waals surface area contributed by atoms with Gasteiger partial charge in [0.1, 0.15) is 5.82 Å². The number of nitrogens with one attached hydrogen (secondary N) is 1. The Kier molecular flexibility index (Phi) is 5.50. The average Bonchev–Trinajstić information content (AvgIpc) is 2.51. The molecule has 4 nitrogen and oxygen atoms in total. The molecular weight excluding hydrogens is 365 g/mol. The number of amides is 1.